The Hall–Kier alpha value is -1.12. The van der Waals surface area contributed by atoms with E-state index < -0.39 is 0 Å². The largest absolute Gasteiger partial charge is 2.00 e. The van der Waals surface area contributed by atoms with Crippen LogP contribution < -0.4 is 24.8 Å². The Labute approximate surface area is 192 Å². The van der Waals surface area contributed by atoms with Gasteiger partial charge in [-0.05, 0) is 41.0 Å². The van der Waals surface area contributed by atoms with Crippen molar-refractivity contribution in [3.63, 3.8) is 0 Å². The quantitative estimate of drug-likeness (QED) is 0.476. The summed E-state index contributed by atoms with van der Waals surface area (Å²) in [5.41, 5.74) is 18.3. The van der Waals surface area contributed by atoms with E-state index in [0.717, 1.165) is 23.1 Å². The van der Waals surface area contributed by atoms with Crippen LogP contribution in [0.3, 0.4) is 0 Å². The van der Waals surface area contributed by atoms with Crippen molar-refractivity contribution in [2.45, 2.75) is 41.0 Å². The molecule has 1 nitrogen and oxygen atoms in total. The number of nitrogens with one attached hydrogen (secondary N) is 1. The molecule has 0 radical (unpaired) electrons. The topological polar surface area (TPSA) is 23.8 Å². The summed E-state index contributed by atoms with van der Waals surface area (Å²) >= 11 is 0. The van der Waals surface area contributed by atoms with Crippen LogP contribution in [-0.2, 0) is 21.7 Å². The first-order valence-electron chi connectivity index (χ1n) is 8.37. The fraction of sp³-hybridized carbons (Fsp3) is 0.261. The van der Waals surface area contributed by atoms with Gasteiger partial charge in [-0.3, -0.25) is 0 Å². The van der Waals surface area contributed by atoms with Gasteiger partial charge >= 0.3 is 21.7 Å². The zero-order valence-electron chi connectivity index (χ0n) is 16.7. The van der Waals surface area contributed by atoms with Gasteiger partial charge < -0.3 is 30.5 Å². The number of halogens is 2. The zero-order valence-corrected chi connectivity index (χ0v) is 19.8. The normalized spacial score (nSPS) is 12.0. The van der Waals surface area contributed by atoms with Crippen molar-refractivity contribution < 1.29 is 46.5 Å². The van der Waals surface area contributed by atoms with E-state index in [4.69, 9.17) is 5.73 Å². The van der Waals surface area contributed by atoms with Crippen LogP contribution in [0.15, 0.2) is 53.6 Å². The molecular formula is C23H27Cl2NTi-2. The molecule has 0 spiro atoms. The molecule has 0 atom stereocenters. The molecule has 0 fully saturated rings. The molecule has 1 N–H and O–H groups in total. The molecule has 2 aromatic rings. The summed E-state index contributed by atoms with van der Waals surface area (Å²) in [7, 11) is 0. The minimum atomic E-state index is 0. The molecule has 4 heteroatoms. The van der Waals surface area contributed by atoms with E-state index in [-0.39, 0.29) is 46.5 Å². The van der Waals surface area contributed by atoms with Crippen molar-refractivity contribution in [2.75, 3.05) is 0 Å². The molecule has 0 amide bonds. The second-order valence-corrected chi connectivity index (χ2v) is 6.76. The number of hydrogen-bond donors (Lipinski definition) is 0. The summed E-state index contributed by atoms with van der Waals surface area (Å²) in [4.78, 5) is 0. The summed E-state index contributed by atoms with van der Waals surface area (Å²) < 4.78 is 0. The standard InChI is InChI=1S/C14H15.C9H12N.2ClH.Ti/c1-10-8-12(3)14(9-10)13-7-5-4-6-11(13)2;1-6-4-7(2)9(10)8(3)5-6;;;/h4-8H,2,9H2,1,3H3;4-5,10H,1-3H3;2*1H;/q2*-1;;;+2/p-2. The first-order valence-corrected chi connectivity index (χ1v) is 8.37. The van der Waals surface area contributed by atoms with Crippen LogP contribution in [-0.4, -0.2) is 0 Å². The molecule has 2 aromatic carbocycles. The van der Waals surface area contributed by atoms with E-state index in [2.05, 4.69) is 52.0 Å². The van der Waals surface area contributed by atoms with E-state index in [1.807, 2.05) is 32.0 Å². The van der Waals surface area contributed by atoms with Crippen LogP contribution >= 0.6 is 0 Å². The van der Waals surface area contributed by atoms with E-state index in [1.165, 1.54) is 27.8 Å². The maximum Gasteiger partial charge on any atom is 2.00 e. The van der Waals surface area contributed by atoms with Gasteiger partial charge in [-0.25, -0.2) is 0 Å². The van der Waals surface area contributed by atoms with E-state index in [9.17, 15) is 0 Å². The van der Waals surface area contributed by atoms with Gasteiger partial charge in [-0.2, -0.15) is 18.6 Å². The molecule has 144 valence electrons. The van der Waals surface area contributed by atoms with Crippen LogP contribution in [0, 0.1) is 27.7 Å². The molecular weight excluding hydrogens is 409 g/mol. The Bertz CT molecular complexity index is 800. The van der Waals surface area contributed by atoms with Crippen LogP contribution in [0.5, 0.6) is 0 Å². The van der Waals surface area contributed by atoms with Gasteiger partial charge in [0.25, 0.3) is 0 Å². The fourth-order valence-electron chi connectivity index (χ4n) is 3.23. The second kappa shape index (κ2) is 12.4. The molecule has 3 rings (SSSR count). The average Bonchev–Trinajstić information content (AvgIpc) is 2.84. The molecule has 0 saturated carbocycles. The number of rotatable bonds is 1. The Morgan fingerprint density at radius 2 is 1.41 bits per heavy atom. The number of benzene rings is 2. The van der Waals surface area contributed by atoms with Gasteiger partial charge in [0.1, 0.15) is 0 Å². The zero-order chi connectivity index (χ0) is 17.9. The SMILES string of the molecule is Cc1cc(C)c([NH-])c(C)c1.[CH2-]c1ccccc1C1=C(C)C=C(C)C1.[Cl-].[Cl-].[Ti+2]. The molecule has 0 aromatic heterocycles. The van der Waals surface area contributed by atoms with Crippen molar-refractivity contribution in [1.29, 1.82) is 0 Å². The van der Waals surface area contributed by atoms with E-state index >= 15 is 0 Å². The van der Waals surface area contributed by atoms with Crippen molar-refractivity contribution in [1.82, 2.24) is 0 Å². The maximum atomic E-state index is 7.54. The smallest absolute Gasteiger partial charge is 1.00 e. The Morgan fingerprint density at radius 1 is 0.889 bits per heavy atom. The first kappa shape index (κ1) is 28.1. The summed E-state index contributed by atoms with van der Waals surface area (Å²) in [5.74, 6) is 0. The van der Waals surface area contributed by atoms with Crippen LogP contribution in [0.2, 0.25) is 0 Å². The van der Waals surface area contributed by atoms with Crippen molar-refractivity contribution in [3.05, 3.63) is 94.1 Å². The predicted molar refractivity (Wildman–Crippen MR) is 107 cm³/mol. The summed E-state index contributed by atoms with van der Waals surface area (Å²) in [5, 5.41) is 0. The maximum absolute atomic E-state index is 7.54. The number of allylic oxidation sites excluding steroid dienone is 4. The van der Waals surface area contributed by atoms with Gasteiger partial charge in [0.15, 0.2) is 0 Å². The molecule has 0 saturated heterocycles. The minimum Gasteiger partial charge on any atom is -1.00 e. The monoisotopic (exact) mass is 435 g/mol. The summed E-state index contributed by atoms with van der Waals surface area (Å²) in [6, 6.07) is 12.4. The van der Waals surface area contributed by atoms with Gasteiger partial charge in [-0.1, -0.05) is 57.7 Å². The molecule has 0 unspecified atom stereocenters. The van der Waals surface area contributed by atoms with Gasteiger partial charge in [0.05, 0.1) is 0 Å². The fourth-order valence-corrected chi connectivity index (χ4v) is 3.23. The Balaban J connectivity index is 0. The molecule has 0 heterocycles. The van der Waals surface area contributed by atoms with Crippen molar-refractivity contribution in [2.24, 2.45) is 0 Å². The Kier molecular flexibility index (Phi) is 12.9. The van der Waals surface area contributed by atoms with Crippen molar-refractivity contribution in [3.8, 4) is 0 Å². The van der Waals surface area contributed by atoms with Crippen LogP contribution in [0.4, 0.5) is 5.69 Å². The van der Waals surface area contributed by atoms with E-state index in [1.54, 1.807) is 0 Å². The molecule has 27 heavy (non-hydrogen) atoms. The first-order chi connectivity index (χ1) is 11.3. The van der Waals surface area contributed by atoms with Gasteiger partial charge in [0, 0.05) is 0 Å². The van der Waals surface area contributed by atoms with Crippen LogP contribution in [0.25, 0.3) is 11.3 Å². The summed E-state index contributed by atoms with van der Waals surface area (Å²) in [6.45, 7) is 14.4. The third-order valence-corrected chi connectivity index (χ3v) is 4.41. The van der Waals surface area contributed by atoms with Crippen LogP contribution in [0.1, 0.15) is 48.1 Å². The molecule has 1 aliphatic carbocycles. The molecule has 0 bridgehead atoms. The summed E-state index contributed by atoms with van der Waals surface area (Å²) in [6.07, 6.45) is 3.35. The minimum absolute atomic E-state index is 0. The van der Waals surface area contributed by atoms with Gasteiger partial charge in [0.2, 0.25) is 0 Å². The van der Waals surface area contributed by atoms with Gasteiger partial charge in [-0.15, -0.1) is 23.4 Å². The van der Waals surface area contributed by atoms with Crippen molar-refractivity contribution >= 4 is 11.3 Å². The Morgan fingerprint density at radius 3 is 1.85 bits per heavy atom. The number of hydrogen-bond acceptors (Lipinski definition) is 0. The molecule has 0 aliphatic heterocycles. The number of aryl methyl sites for hydroxylation is 3. The third-order valence-electron chi connectivity index (χ3n) is 4.41. The predicted octanol–water partition coefficient (Wildman–Crippen LogP) is 1.29. The average molecular weight is 436 g/mol. The molecule has 1 aliphatic rings. The third kappa shape index (κ3) is 7.43. The second-order valence-electron chi connectivity index (χ2n) is 6.76. The van der Waals surface area contributed by atoms with E-state index in [0.29, 0.717) is 5.69 Å².